The molecule has 5 heteroatoms. The number of nitrogens with zero attached hydrogens (tertiary/aromatic N) is 1. The number of carbonyl (C=O) groups is 1. The number of allylic oxidation sites excluding steroid dienone is 1. The summed E-state index contributed by atoms with van der Waals surface area (Å²) >= 11 is 0. The van der Waals surface area contributed by atoms with Crippen molar-refractivity contribution in [3.8, 4) is 5.75 Å². The van der Waals surface area contributed by atoms with E-state index in [4.69, 9.17) is 4.74 Å². The van der Waals surface area contributed by atoms with Gasteiger partial charge in [-0.3, -0.25) is 4.79 Å². The topological polar surface area (TPSA) is 29.5 Å². The van der Waals surface area contributed by atoms with Crippen LogP contribution in [0.4, 0.5) is 4.39 Å². The average molecular weight is 365 g/mol. The second kappa shape index (κ2) is 8.04. The zero-order valence-corrected chi connectivity index (χ0v) is 15.5. The fraction of sp³-hybridized carbons (Fsp3) is 0.438. The van der Waals surface area contributed by atoms with Crippen LogP contribution in [0, 0.1) is 17.8 Å². The molecule has 1 aromatic rings. The molecule has 3 nitrogen and oxygen atoms in total. The van der Waals surface area contributed by atoms with Gasteiger partial charge in [-0.25, -0.2) is 10.5 Å². The van der Waals surface area contributed by atoms with Gasteiger partial charge in [0, 0.05) is 45.2 Å². The number of hydrogen-bond donors (Lipinski definition) is 0. The Kier molecular flexibility index (Phi) is 7.01. The molecule has 1 aliphatic heterocycles. The summed E-state index contributed by atoms with van der Waals surface area (Å²) < 4.78 is 19.5. The molecule has 0 aliphatic carbocycles. The second-order valence-electron chi connectivity index (χ2n) is 4.79. The maximum Gasteiger partial charge on any atom is 0.225 e. The third kappa shape index (κ3) is 3.92. The van der Waals surface area contributed by atoms with Crippen molar-refractivity contribution in [3.63, 3.8) is 0 Å². The van der Waals surface area contributed by atoms with Crippen LogP contribution in [-0.2, 0) is 37.5 Å². The summed E-state index contributed by atoms with van der Waals surface area (Å²) in [7, 11) is 0. The average Bonchev–Trinajstić information content (AvgIpc) is 2.43. The molecule has 111 valence electrons. The Morgan fingerprint density at radius 3 is 2.71 bits per heavy atom. The zero-order chi connectivity index (χ0) is 14.7. The molecular formula is C16H19FNO2Y-. The SMILES string of the molecule is CCOc1ccc(C2=[C-]CC(C)C(=O)N2CC)c(F)c1.[Y]. The number of amides is 1. The second-order valence-corrected chi connectivity index (χ2v) is 4.79. The maximum absolute atomic E-state index is 14.2. The number of rotatable bonds is 4. The molecule has 0 N–H and O–H groups in total. The van der Waals surface area contributed by atoms with Gasteiger partial charge in [-0.1, -0.05) is 13.3 Å². The van der Waals surface area contributed by atoms with Crippen molar-refractivity contribution in [1.29, 1.82) is 0 Å². The Morgan fingerprint density at radius 1 is 1.43 bits per heavy atom. The number of hydrogen-bond acceptors (Lipinski definition) is 2. The van der Waals surface area contributed by atoms with Crippen molar-refractivity contribution in [1.82, 2.24) is 4.90 Å². The summed E-state index contributed by atoms with van der Waals surface area (Å²) in [6.07, 6.45) is 3.67. The Hall–Kier alpha value is -0.736. The van der Waals surface area contributed by atoms with Crippen LogP contribution < -0.4 is 4.74 Å². The van der Waals surface area contributed by atoms with E-state index in [1.54, 1.807) is 17.0 Å². The van der Waals surface area contributed by atoms with E-state index in [1.807, 2.05) is 20.8 Å². The number of carbonyl (C=O) groups excluding carboxylic acids is 1. The van der Waals surface area contributed by atoms with Gasteiger partial charge >= 0.3 is 0 Å². The minimum Gasteiger partial charge on any atom is -0.494 e. The molecule has 1 radical (unpaired) electrons. The van der Waals surface area contributed by atoms with Gasteiger partial charge in [0.1, 0.15) is 5.75 Å². The van der Waals surface area contributed by atoms with E-state index in [0.29, 0.717) is 36.6 Å². The van der Waals surface area contributed by atoms with E-state index in [2.05, 4.69) is 6.08 Å². The maximum atomic E-state index is 14.2. The van der Waals surface area contributed by atoms with E-state index in [0.717, 1.165) is 0 Å². The van der Waals surface area contributed by atoms with Crippen LogP contribution in [-0.4, -0.2) is 24.0 Å². The molecule has 0 saturated heterocycles. The van der Waals surface area contributed by atoms with Crippen molar-refractivity contribution in [2.75, 3.05) is 13.2 Å². The van der Waals surface area contributed by atoms with Crippen molar-refractivity contribution >= 4 is 11.6 Å². The molecule has 1 amide bonds. The Bertz CT molecular complexity index is 545. The predicted molar refractivity (Wildman–Crippen MR) is 75.4 cm³/mol. The van der Waals surface area contributed by atoms with E-state index >= 15 is 0 Å². The molecule has 1 heterocycles. The fourth-order valence-electron chi connectivity index (χ4n) is 2.31. The summed E-state index contributed by atoms with van der Waals surface area (Å²) in [5.74, 6) is 0.0335. The predicted octanol–water partition coefficient (Wildman–Crippen LogP) is 3.25. The van der Waals surface area contributed by atoms with Crippen LogP contribution in [0.2, 0.25) is 0 Å². The standard InChI is InChI=1S/C16H19FNO2.Y/c1-4-18-15(9-6-11(3)16(18)19)13-8-7-12(20-5-2)10-14(13)17;/h7-8,10-11H,4-6H2,1-3H3;/q-1;. The summed E-state index contributed by atoms with van der Waals surface area (Å²) in [6, 6.07) is 4.71. The molecule has 0 aromatic heterocycles. The number of benzene rings is 1. The first-order valence-corrected chi connectivity index (χ1v) is 6.93. The monoisotopic (exact) mass is 365 g/mol. The molecular weight excluding hydrogens is 346 g/mol. The minimum atomic E-state index is -0.390. The van der Waals surface area contributed by atoms with Crippen LogP contribution in [0.1, 0.15) is 32.8 Å². The Balaban J connectivity index is 0.00000220. The Labute approximate surface area is 150 Å². The largest absolute Gasteiger partial charge is 0.494 e. The van der Waals surface area contributed by atoms with E-state index in [9.17, 15) is 9.18 Å². The van der Waals surface area contributed by atoms with Gasteiger partial charge in [-0.2, -0.15) is 0 Å². The molecule has 0 saturated carbocycles. The van der Waals surface area contributed by atoms with Gasteiger partial charge in [0.25, 0.3) is 0 Å². The van der Waals surface area contributed by atoms with E-state index in [1.165, 1.54) is 6.07 Å². The number of ether oxygens (including phenoxy) is 1. The summed E-state index contributed by atoms with van der Waals surface area (Å²) in [4.78, 5) is 13.7. The molecule has 0 spiro atoms. The van der Waals surface area contributed by atoms with Crippen LogP contribution in [0.5, 0.6) is 5.75 Å². The van der Waals surface area contributed by atoms with Gasteiger partial charge < -0.3 is 9.64 Å². The third-order valence-corrected chi connectivity index (χ3v) is 3.36. The molecule has 1 aliphatic rings. The summed E-state index contributed by atoms with van der Waals surface area (Å²) in [5, 5.41) is 0. The van der Waals surface area contributed by atoms with Gasteiger partial charge in [0.15, 0.2) is 0 Å². The molecule has 21 heavy (non-hydrogen) atoms. The van der Waals surface area contributed by atoms with Crippen LogP contribution in [0.3, 0.4) is 0 Å². The van der Waals surface area contributed by atoms with Crippen molar-refractivity contribution in [2.24, 2.45) is 5.92 Å². The number of halogens is 1. The first kappa shape index (κ1) is 18.3. The molecule has 1 atom stereocenters. The van der Waals surface area contributed by atoms with Crippen molar-refractivity contribution in [2.45, 2.75) is 27.2 Å². The smallest absolute Gasteiger partial charge is 0.225 e. The van der Waals surface area contributed by atoms with Gasteiger partial charge in [0.2, 0.25) is 5.91 Å². The van der Waals surface area contributed by atoms with E-state index in [-0.39, 0.29) is 50.4 Å². The molecule has 1 aromatic carbocycles. The third-order valence-electron chi connectivity index (χ3n) is 3.36. The Morgan fingerprint density at radius 2 is 2.14 bits per heavy atom. The van der Waals surface area contributed by atoms with Crippen molar-refractivity contribution in [3.05, 3.63) is 35.7 Å². The molecule has 0 fully saturated rings. The van der Waals surface area contributed by atoms with Gasteiger partial charge in [-0.05, 0) is 26.0 Å². The van der Waals surface area contributed by atoms with Crippen molar-refractivity contribution < 1.29 is 46.6 Å². The minimum absolute atomic E-state index is 0. The van der Waals surface area contributed by atoms with Crippen LogP contribution in [0.15, 0.2) is 18.2 Å². The molecule has 0 bridgehead atoms. The first-order chi connectivity index (χ1) is 9.58. The first-order valence-electron chi connectivity index (χ1n) is 6.93. The molecule has 2 rings (SSSR count). The summed E-state index contributed by atoms with van der Waals surface area (Å²) in [5.41, 5.74) is 0.937. The van der Waals surface area contributed by atoms with Crippen LogP contribution >= 0.6 is 0 Å². The summed E-state index contributed by atoms with van der Waals surface area (Å²) in [6.45, 7) is 6.60. The molecule has 1 unspecified atom stereocenters. The quantitative estimate of drug-likeness (QED) is 0.767. The zero-order valence-electron chi connectivity index (χ0n) is 12.6. The van der Waals surface area contributed by atoms with E-state index < -0.39 is 0 Å². The normalized spacial score (nSPS) is 18.1. The van der Waals surface area contributed by atoms with Gasteiger partial charge in [-0.15, -0.1) is 17.3 Å². The fourth-order valence-corrected chi connectivity index (χ4v) is 2.31. The van der Waals surface area contributed by atoms with Gasteiger partial charge in [0.05, 0.1) is 12.4 Å². The van der Waals surface area contributed by atoms with Crippen LogP contribution in [0.25, 0.3) is 5.70 Å².